The van der Waals surface area contributed by atoms with Gasteiger partial charge in [0, 0.05) is 26.1 Å². The Balaban J connectivity index is 2.87. The van der Waals surface area contributed by atoms with E-state index in [0.29, 0.717) is 0 Å². The molecule has 1 fully saturated rings. The first-order valence-electron chi connectivity index (χ1n) is 5.89. The summed E-state index contributed by atoms with van der Waals surface area (Å²) < 4.78 is 31.5. The van der Waals surface area contributed by atoms with Crippen LogP contribution in [0.4, 0.5) is 0 Å². The van der Waals surface area contributed by atoms with Crippen LogP contribution in [-0.2, 0) is 19.6 Å². The first kappa shape index (κ1) is 15.4. The standard InChI is InChI=1S/C11H21NO5S/c1-10(2,3)8-18(15,16)12-11(9(13)14)4-6-17-7-5-11/h12H,4-8H2,1-3H3,(H,13,14). The van der Waals surface area contributed by atoms with Gasteiger partial charge in [0.05, 0.1) is 5.75 Å². The highest BCUT2D eigenvalue weighted by atomic mass is 32.2. The lowest BCUT2D eigenvalue weighted by Crippen LogP contribution is -2.58. The third-order valence-electron chi connectivity index (χ3n) is 2.73. The second-order valence-electron chi connectivity index (χ2n) is 5.92. The van der Waals surface area contributed by atoms with Gasteiger partial charge in [0.2, 0.25) is 10.0 Å². The zero-order valence-corrected chi connectivity index (χ0v) is 11.8. The lowest BCUT2D eigenvalue weighted by Gasteiger charge is -2.34. The molecule has 1 rings (SSSR count). The summed E-state index contributed by atoms with van der Waals surface area (Å²) in [5.74, 6) is -1.24. The molecule has 1 aliphatic rings. The molecule has 0 aromatic carbocycles. The fourth-order valence-electron chi connectivity index (χ4n) is 1.98. The first-order valence-corrected chi connectivity index (χ1v) is 7.54. The Morgan fingerprint density at radius 2 is 1.83 bits per heavy atom. The van der Waals surface area contributed by atoms with Gasteiger partial charge in [-0.2, -0.15) is 4.72 Å². The van der Waals surface area contributed by atoms with E-state index in [1.807, 2.05) is 0 Å². The Hall–Kier alpha value is -0.660. The highest BCUT2D eigenvalue weighted by molar-refractivity contribution is 7.89. The van der Waals surface area contributed by atoms with Crippen LogP contribution in [0.2, 0.25) is 0 Å². The predicted octanol–water partition coefficient (Wildman–Crippen LogP) is 0.586. The summed E-state index contributed by atoms with van der Waals surface area (Å²) in [4.78, 5) is 11.3. The van der Waals surface area contributed by atoms with Gasteiger partial charge in [-0.15, -0.1) is 0 Å². The van der Waals surface area contributed by atoms with Crippen LogP contribution >= 0.6 is 0 Å². The lowest BCUT2D eigenvalue weighted by atomic mass is 9.92. The first-order chi connectivity index (χ1) is 8.06. The van der Waals surface area contributed by atoms with E-state index in [0.717, 1.165) is 0 Å². The number of nitrogens with one attached hydrogen (secondary N) is 1. The monoisotopic (exact) mass is 279 g/mol. The molecule has 0 aromatic rings. The van der Waals surface area contributed by atoms with Crippen molar-refractivity contribution in [1.82, 2.24) is 4.72 Å². The zero-order valence-electron chi connectivity index (χ0n) is 11.0. The van der Waals surface area contributed by atoms with Gasteiger partial charge in [-0.3, -0.25) is 4.79 Å². The maximum Gasteiger partial charge on any atom is 0.325 e. The number of aliphatic carboxylic acids is 1. The second-order valence-corrected chi connectivity index (χ2v) is 7.64. The summed E-state index contributed by atoms with van der Waals surface area (Å²) in [6.07, 6.45) is 0.317. The molecule has 18 heavy (non-hydrogen) atoms. The van der Waals surface area contributed by atoms with Crippen molar-refractivity contribution in [1.29, 1.82) is 0 Å². The second kappa shape index (κ2) is 5.14. The molecule has 1 aliphatic heterocycles. The molecule has 106 valence electrons. The minimum Gasteiger partial charge on any atom is -0.480 e. The number of ether oxygens (including phenoxy) is 1. The molecule has 0 unspecified atom stereocenters. The van der Waals surface area contributed by atoms with Crippen LogP contribution in [0.5, 0.6) is 0 Å². The van der Waals surface area contributed by atoms with E-state index in [2.05, 4.69) is 4.72 Å². The summed E-state index contributed by atoms with van der Waals surface area (Å²) in [5.41, 5.74) is -1.83. The number of rotatable bonds is 4. The van der Waals surface area contributed by atoms with Gasteiger partial charge >= 0.3 is 5.97 Å². The molecule has 2 N–H and O–H groups in total. The van der Waals surface area contributed by atoms with Gasteiger partial charge in [0.25, 0.3) is 0 Å². The van der Waals surface area contributed by atoms with Gasteiger partial charge < -0.3 is 9.84 Å². The Labute approximate surface area is 108 Å². The molecule has 6 nitrogen and oxygen atoms in total. The maximum atomic E-state index is 12.0. The smallest absolute Gasteiger partial charge is 0.325 e. The lowest BCUT2D eigenvalue weighted by molar-refractivity contribution is -0.147. The summed E-state index contributed by atoms with van der Waals surface area (Å²) >= 11 is 0. The van der Waals surface area contributed by atoms with Crippen molar-refractivity contribution in [3.05, 3.63) is 0 Å². The van der Waals surface area contributed by atoms with Gasteiger partial charge in [-0.05, 0) is 5.41 Å². The summed E-state index contributed by atoms with van der Waals surface area (Å²) in [5, 5.41) is 9.27. The molecule has 0 atom stereocenters. The number of carbonyl (C=O) groups is 1. The molecule has 0 amide bonds. The molecule has 1 heterocycles. The average Bonchev–Trinajstić information content (AvgIpc) is 2.13. The van der Waals surface area contributed by atoms with E-state index >= 15 is 0 Å². The van der Waals surface area contributed by atoms with Crippen molar-refractivity contribution in [3.8, 4) is 0 Å². The molecular weight excluding hydrogens is 258 g/mol. The highest BCUT2D eigenvalue weighted by Gasteiger charge is 2.44. The van der Waals surface area contributed by atoms with E-state index in [1.165, 1.54) is 0 Å². The number of carboxylic acids is 1. The van der Waals surface area contributed by atoms with E-state index in [4.69, 9.17) is 4.74 Å². The molecule has 1 saturated heterocycles. The Morgan fingerprint density at radius 1 is 1.33 bits per heavy atom. The van der Waals surface area contributed by atoms with Crippen molar-refractivity contribution >= 4 is 16.0 Å². The van der Waals surface area contributed by atoms with Crippen molar-refractivity contribution in [2.24, 2.45) is 5.41 Å². The molecule has 0 aliphatic carbocycles. The number of sulfonamides is 1. The SMILES string of the molecule is CC(C)(C)CS(=O)(=O)NC1(C(=O)O)CCOCC1. The van der Waals surface area contributed by atoms with Crippen molar-refractivity contribution in [3.63, 3.8) is 0 Å². The van der Waals surface area contributed by atoms with Crippen LogP contribution in [0.1, 0.15) is 33.6 Å². The topological polar surface area (TPSA) is 92.7 Å². The third-order valence-corrected chi connectivity index (χ3v) is 4.68. The van der Waals surface area contributed by atoms with Crippen LogP contribution < -0.4 is 4.72 Å². The molecule has 0 spiro atoms. The predicted molar refractivity (Wildman–Crippen MR) is 66.8 cm³/mol. The van der Waals surface area contributed by atoms with E-state index in [9.17, 15) is 18.3 Å². The average molecular weight is 279 g/mol. The van der Waals surface area contributed by atoms with Crippen molar-refractivity contribution < 1.29 is 23.1 Å². The number of hydrogen-bond acceptors (Lipinski definition) is 4. The third kappa shape index (κ3) is 4.22. The molecule has 0 saturated carbocycles. The fourth-order valence-corrected chi connectivity index (χ4v) is 4.08. The highest BCUT2D eigenvalue weighted by Crippen LogP contribution is 2.24. The van der Waals surface area contributed by atoms with Crippen LogP contribution in [0.15, 0.2) is 0 Å². The van der Waals surface area contributed by atoms with E-state index in [-0.39, 0.29) is 31.8 Å². The van der Waals surface area contributed by atoms with Gasteiger partial charge in [-0.25, -0.2) is 8.42 Å². The van der Waals surface area contributed by atoms with E-state index in [1.54, 1.807) is 20.8 Å². The molecular formula is C11H21NO5S. The van der Waals surface area contributed by atoms with E-state index < -0.39 is 26.9 Å². The van der Waals surface area contributed by atoms with Crippen molar-refractivity contribution in [2.75, 3.05) is 19.0 Å². The summed E-state index contributed by atoms with van der Waals surface area (Å²) in [7, 11) is -3.63. The molecule has 7 heteroatoms. The van der Waals surface area contributed by atoms with Gasteiger partial charge in [0.15, 0.2) is 0 Å². The minimum absolute atomic E-state index is 0.101. The molecule has 0 bridgehead atoms. The Kier molecular flexibility index (Phi) is 4.40. The van der Waals surface area contributed by atoms with Crippen LogP contribution in [0.25, 0.3) is 0 Å². The van der Waals surface area contributed by atoms with Crippen LogP contribution in [0.3, 0.4) is 0 Å². The summed E-state index contributed by atoms with van der Waals surface area (Å²) in [6.45, 7) is 5.89. The maximum absolute atomic E-state index is 12.0. The zero-order chi connectivity index (χ0) is 14.0. The number of hydrogen-bond donors (Lipinski definition) is 2. The normalized spacial score (nSPS) is 20.6. The molecule has 0 aromatic heterocycles. The van der Waals surface area contributed by atoms with Gasteiger partial charge in [-0.1, -0.05) is 20.8 Å². The number of carboxylic acid groups (broad SMARTS) is 1. The minimum atomic E-state index is -3.63. The van der Waals surface area contributed by atoms with Crippen LogP contribution in [0, 0.1) is 5.41 Å². The van der Waals surface area contributed by atoms with Crippen molar-refractivity contribution in [2.45, 2.75) is 39.2 Å². The fraction of sp³-hybridized carbons (Fsp3) is 0.909. The van der Waals surface area contributed by atoms with Crippen LogP contribution in [-0.4, -0.2) is 44.0 Å². The Morgan fingerprint density at radius 3 is 2.22 bits per heavy atom. The summed E-state index contributed by atoms with van der Waals surface area (Å²) in [6, 6.07) is 0. The largest absolute Gasteiger partial charge is 0.480 e. The molecule has 0 radical (unpaired) electrons. The Bertz CT molecular complexity index is 404. The quantitative estimate of drug-likeness (QED) is 0.785. The van der Waals surface area contributed by atoms with Gasteiger partial charge in [0.1, 0.15) is 5.54 Å².